The fraction of sp³-hybridized carbons (Fsp3) is 0.242. The number of rotatable bonds is 6. The zero-order valence-corrected chi connectivity index (χ0v) is 42.5. The van der Waals surface area contributed by atoms with Crippen LogP contribution in [-0.2, 0) is 21.7 Å². The molecule has 0 aliphatic heterocycles. The van der Waals surface area contributed by atoms with Crippen molar-refractivity contribution in [2.24, 2.45) is 0 Å². The average Bonchev–Trinajstić information content (AvgIpc) is 4.05. The smallest absolute Gasteiger partial charge is 0.159 e. The lowest BCUT2D eigenvalue weighted by Gasteiger charge is -2.42. The number of anilines is 3. The van der Waals surface area contributed by atoms with Gasteiger partial charge in [0.25, 0.3) is 0 Å². The summed E-state index contributed by atoms with van der Waals surface area (Å²) in [4.78, 5) is 6.35. The third-order valence-electron chi connectivity index (χ3n) is 16.8. The van der Waals surface area contributed by atoms with Crippen molar-refractivity contribution in [1.82, 2.24) is 4.98 Å². The molecule has 1 N–H and O–H groups in total. The first-order valence-electron chi connectivity index (χ1n) is 25.3. The standard InChI is InChI=1S/C66H60N2OS/c1-63(2)32-34-65(5,6)54-37-42(24-30-52(54)63)40-20-26-45(27-21-40)68(46-28-22-41(23-29-46)43-25-31-53-55(38-43)66(7,8)35-33-64(53,3)4)56-39-44(36-51-48-14-9-11-18-57(48)69-61(51)56)47-16-13-17-50-59(47)67-60-49-15-10-12-19-58(49)70-62(50)60/h9-31,36-39,67H,32-35H2,1-8H3. The zero-order valence-electron chi connectivity index (χ0n) is 41.7. The Morgan fingerprint density at radius 3 is 1.54 bits per heavy atom. The van der Waals surface area contributed by atoms with Crippen LogP contribution in [0.4, 0.5) is 17.1 Å². The minimum absolute atomic E-state index is 0.131. The maximum Gasteiger partial charge on any atom is 0.159 e. The molecule has 4 heteroatoms. The molecule has 346 valence electrons. The molecular formula is C66H60N2OS. The van der Waals surface area contributed by atoms with Crippen LogP contribution in [0, 0.1) is 0 Å². The Hall–Kier alpha value is -6.88. The van der Waals surface area contributed by atoms with Gasteiger partial charge < -0.3 is 14.3 Å². The van der Waals surface area contributed by atoms with E-state index in [1.807, 2.05) is 11.3 Å². The summed E-state index contributed by atoms with van der Waals surface area (Å²) in [6.07, 6.45) is 4.79. The highest BCUT2D eigenvalue weighted by molar-refractivity contribution is 7.26. The Bertz CT molecular complexity index is 3770. The van der Waals surface area contributed by atoms with E-state index in [2.05, 4.69) is 229 Å². The molecule has 0 spiro atoms. The minimum Gasteiger partial charge on any atom is -0.454 e. The molecular weight excluding hydrogens is 869 g/mol. The van der Waals surface area contributed by atoms with Crippen LogP contribution in [0.1, 0.15) is 103 Å². The number of hydrogen-bond acceptors (Lipinski definition) is 3. The third kappa shape index (κ3) is 6.73. The fourth-order valence-electron chi connectivity index (χ4n) is 12.3. The predicted octanol–water partition coefficient (Wildman–Crippen LogP) is 19.6. The quantitative estimate of drug-likeness (QED) is 0.180. The SMILES string of the molecule is CC1(C)CCC(C)(C)c2cc(-c3ccc(N(c4ccc(-c5ccc6c(c5)C(C)(C)CCC6(C)C)cc4)c4cc(-c5cccc6c5[nH]c5c7ccccc7sc65)cc5c4oc4ccccc45)cc3)ccc21. The maximum atomic E-state index is 6.99. The van der Waals surface area contributed by atoms with Crippen LogP contribution >= 0.6 is 11.3 Å². The number of furan rings is 1. The maximum absolute atomic E-state index is 6.99. The Balaban J connectivity index is 0.997. The molecule has 0 radical (unpaired) electrons. The molecule has 2 aliphatic rings. The van der Waals surface area contributed by atoms with Gasteiger partial charge in [0.1, 0.15) is 5.58 Å². The minimum atomic E-state index is 0.131. The molecule has 3 heterocycles. The fourth-order valence-corrected chi connectivity index (χ4v) is 13.5. The van der Waals surface area contributed by atoms with E-state index in [9.17, 15) is 0 Å². The highest BCUT2D eigenvalue weighted by Gasteiger charge is 2.38. The first-order chi connectivity index (χ1) is 33.6. The third-order valence-corrected chi connectivity index (χ3v) is 18.0. The first-order valence-corrected chi connectivity index (χ1v) is 26.1. The highest BCUT2D eigenvalue weighted by Crippen LogP contribution is 2.51. The van der Waals surface area contributed by atoms with Crippen LogP contribution in [0.15, 0.2) is 168 Å². The van der Waals surface area contributed by atoms with E-state index in [4.69, 9.17) is 4.42 Å². The summed E-state index contributed by atoms with van der Waals surface area (Å²) in [6.45, 7) is 19.3. The van der Waals surface area contributed by atoms with Gasteiger partial charge in [-0.2, -0.15) is 0 Å². The molecule has 2 aliphatic carbocycles. The van der Waals surface area contributed by atoms with Crippen LogP contribution in [0.5, 0.6) is 0 Å². The van der Waals surface area contributed by atoms with Gasteiger partial charge in [0.05, 0.1) is 21.4 Å². The van der Waals surface area contributed by atoms with Gasteiger partial charge in [0.15, 0.2) is 5.58 Å². The van der Waals surface area contributed by atoms with Gasteiger partial charge in [-0.15, -0.1) is 11.3 Å². The van der Waals surface area contributed by atoms with E-state index in [0.717, 1.165) is 50.1 Å². The normalized spacial score (nSPS) is 16.8. The van der Waals surface area contributed by atoms with Crippen molar-refractivity contribution in [2.45, 2.75) is 103 Å². The topological polar surface area (TPSA) is 32.2 Å². The number of hydrogen-bond donors (Lipinski definition) is 1. The van der Waals surface area contributed by atoms with E-state index >= 15 is 0 Å². The van der Waals surface area contributed by atoms with Gasteiger partial charge >= 0.3 is 0 Å². The van der Waals surface area contributed by atoms with Gasteiger partial charge in [-0.25, -0.2) is 0 Å². The number of H-pyrrole nitrogens is 1. The summed E-state index contributed by atoms with van der Waals surface area (Å²) in [7, 11) is 0. The van der Waals surface area contributed by atoms with Crippen molar-refractivity contribution in [1.29, 1.82) is 0 Å². The lowest BCUT2D eigenvalue weighted by atomic mass is 9.63. The molecule has 13 rings (SSSR count). The van der Waals surface area contributed by atoms with Gasteiger partial charge in [-0.1, -0.05) is 171 Å². The molecule has 0 atom stereocenters. The molecule has 0 saturated carbocycles. The van der Waals surface area contributed by atoms with Gasteiger partial charge in [0, 0.05) is 43.2 Å². The second-order valence-electron chi connectivity index (χ2n) is 23.1. The number of aromatic nitrogens is 1. The largest absolute Gasteiger partial charge is 0.454 e. The number of aromatic amines is 1. The van der Waals surface area contributed by atoms with E-state index in [0.29, 0.717) is 0 Å². The van der Waals surface area contributed by atoms with Crippen LogP contribution in [-0.4, -0.2) is 4.98 Å². The molecule has 3 aromatic heterocycles. The number of para-hydroxylation sites is 2. The zero-order chi connectivity index (χ0) is 47.9. The van der Waals surface area contributed by atoms with Crippen molar-refractivity contribution in [2.75, 3.05) is 4.90 Å². The number of fused-ring (bicyclic) bond motifs is 10. The van der Waals surface area contributed by atoms with Crippen molar-refractivity contribution in [3.8, 4) is 33.4 Å². The van der Waals surface area contributed by atoms with Crippen molar-refractivity contribution >= 4 is 81.5 Å². The van der Waals surface area contributed by atoms with Crippen LogP contribution in [0.2, 0.25) is 0 Å². The van der Waals surface area contributed by atoms with Crippen molar-refractivity contribution < 1.29 is 4.42 Å². The molecule has 8 aromatic carbocycles. The van der Waals surface area contributed by atoms with Gasteiger partial charge in [-0.05, 0) is 146 Å². The Morgan fingerprint density at radius 1 is 0.429 bits per heavy atom. The molecule has 0 amide bonds. The molecule has 70 heavy (non-hydrogen) atoms. The van der Waals surface area contributed by atoms with E-state index in [-0.39, 0.29) is 21.7 Å². The average molecular weight is 929 g/mol. The van der Waals surface area contributed by atoms with Gasteiger partial charge in [0.2, 0.25) is 0 Å². The Labute approximate surface area is 415 Å². The van der Waals surface area contributed by atoms with Crippen LogP contribution in [0.25, 0.3) is 86.5 Å². The Morgan fingerprint density at radius 2 is 0.943 bits per heavy atom. The van der Waals surface area contributed by atoms with Gasteiger partial charge in [-0.3, -0.25) is 0 Å². The summed E-state index contributed by atoms with van der Waals surface area (Å²) in [6, 6.07) is 61.6. The number of nitrogens with one attached hydrogen (secondary N) is 1. The van der Waals surface area contributed by atoms with Crippen molar-refractivity contribution in [3.63, 3.8) is 0 Å². The first kappa shape index (κ1) is 43.2. The molecule has 0 unspecified atom stereocenters. The lowest BCUT2D eigenvalue weighted by molar-refractivity contribution is 0.332. The second kappa shape index (κ2) is 15.3. The summed E-state index contributed by atoms with van der Waals surface area (Å²) in [5.74, 6) is 0. The predicted molar refractivity (Wildman–Crippen MR) is 300 cm³/mol. The second-order valence-corrected chi connectivity index (χ2v) is 24.2. The molecule has 0 fully saturated rings. The van der Waals surface area contributed by atoms with Crippen LogP contribution in [0.3, 0.4) is 0 Å². The van der Waals surface area contributed by atoms with E-state index in [1.54, 1.807) is 0 Å². The number of nitrogens with zero attached hydrogens (tertiary/aromatic N) is 1. The molecule has 0 saturated heterocycles. The molecule has 11 aromatic rings. The van der Waals surface area contributed by atoms with Crippen molar-refractivity contribution in [3.05, 3.63) is 186 Å². The molecule has 0 bridgehead atoms. The summed E-state index contributed by atoms with van der Waals surface area (Å²) in [5.41, 5.74) is 21.0. The lowest BCUT2D eigenvalue weighted by Crippen LogP contribution is -2.33. The van der Waals surface area contributed by atoms with Crippen LogP contribution < -0.4 is 4.90 Å². The van der Waals surface area contributed by atoms with E-state index in [1.165, 1.54) is 101 Å². The number of thiophene rings is 1. The summed E-state index contributed by atoms with van der Waals surface area (Å²) in [5, 5.41) is 4.72. The summed E-state index contributed by atoms with van der Waals surface area (Å²) < 4.78 is 9.59. The number of benzene rings is 8. The van der Waals surface area contributed by atoms with E-state index < -0.39 is 0 Å². The summed E-state index contributed by atoms with van der Waals surface area (Å²) >= 11 is 1.87. The molecule has 3 nitrogen and oxygen atoms in total. The monoisotopic (exact) mass is 928 g/mol. The highest BCUT2D eigenvalue weighted by atomic mass is 32.1. The Kier molecular flexibility index (Phi) is 9.44.